The molecule has 18 heavy (non-hydrogen) atoms. The van der Waals surface area contributed by atoms with Crippen molar-refractivity contribution in [2.24, 2.45) is 0 Å². The van der Waals surface area contributed by atoms with Gasteiger partial charge in [-0.05, 0) is 18.4 Å². The highest BCUT2D eigenvalue weighted by Gasteiger charge is 2.38. The van der Waals surface area contributed by atoms with Crippen LogP contribution < -0.4 is 5.32 Å². The van der Waals surface area contributed by atoms with Gasteiger partial charge in [0.15, 0.2) is 9.84 Å². The third kappa shape index (κ3) is 3.05. The summed E-state index contributed by atoms with van der Waals surface area (Å²) in [4.78, 5) is 12.0. The van der Waals surface area contributed by atoms with E-state index in [1.54, 1.807) is 24.3 Å². The quantitative estimate of drug-likeness (QED) is 0.898. The predicted octanol–water partition coefficient (Wildman–Crippen LogP) is 0.945. The Labute approximate surface area is 111 Å². The minimum atomic E-state index is -3.02. The summed E-state index contributed by atoms with van der Waals surface area (Å²) in [6.07, 6.45) is 1.87. The van der Waals surface area contributed by atoms with Crippen LogP contribution >= 0.6 is 11.8 Å². The lowest BCUT2D eigenvalue weighted by molar-refractivity contribution is 0.0942. The van der Waals surface area contributed by atoms with Gasteiger partial charge in [0.1, 0.15) is 0 Å². The first kappa shape index (κ1) is 13.4. The third-order valence-corrected chi connectivity index (χ3v) is 6.00. The van der Waals surface area contributed by atoms with E-state index in [0.717, 1.165) is 0 Å². The smallest absolute Gasteiger partial charge is 0.251 e. The van der Waals surface area contributed by atoms with Crippen molar-refractivity contribution in [3.8, 4) is 0 Å². The second-order valence-corrected chi connectivity index (χ2v) is 7.53. The van der Waals surface area contributed by atoms with E-state index in [9.17, 15) is 13.2 Å². The van der Waals surface area contributed by atoms with Gasteiger partial charge in [-0.15, -0.1) is 0 Å². The molecule has 0 bridgehead atoms. The highest BCUT2D eigenvalue weighted by atomic mass is 32.2. The zero-order valence-electron chi connectivity index (χ0n) is 10.00. The minimum absolute atomic E-state index is 0.0388. The van der Waals surface area contributed by atoms with Gasteiger partial charge in [0.2, 0.25) is 0 Å². The zero-order chi connectivity index (χ0) is 13.2. The first-order valence-electron chi connectivity index (χ1n) is 5.61. The normalized spacial score (nSPS) is 25.8. The van der Waals surface area contributed by atoms with Crippen LogP contribution in [0, 0.1) is 0 Å². The van der Waals surface area contributed by atoms with Gasteiger partial charge in [0, 0.05) is 10.8 Å². The molecule has 1 fully saturated rings. The Kier molecular flexibility index (Phi) is 3.97. The molecule has 1 aromatic rings. The maximum absolute atomic E-state index is 12.0. The number of rotatable bonds is 3. The second kappa shape index (κ2) is 5.32. The molecule has 0 radical (unpaired) electrons. The van der Waals surface area contributed by atoms with Crippen molar-refractivity contribution in [2.75, 3.05) is 17.8 Å². The van der Waals surface area contributed by atoms with E-state index in [1.807, 2.05) is 12.3 Å². The minimum Gasteiger partial charge on any atom is -0.347 e. The Morgan fingerprint density at radius 2 is 1.94 bits per heavy atom. The van der Waals surface area contributed by atoms with E-state index in [4.69, 9.17) is 0 Å². The van der Waals surface area contributed by atoms with Crippen molar-refractivity contribution in [2.45, 2.75) is 11.3 Å². The lowest BCUT2D eigenvalue weighted by atomic mass is 10.2. The van der Waals surface area contributed by atoms with E-state index in [2.05, 4.69) is 5.32 Å². The summed E-state index contributed by atoms with van der Waals surface area (Å²) < 4.78 is 23.1. The monoisotopic (exact) mass is 285 g/mol. The molecule has 0 spiro atoms. The number of hydrogen-bond acceptors (Lipinski definition) is 4. The van der Waals surface area contributed by atoms with Crippen molar-refractivity contribution >= 4 is 27.5 Å². The number of hydrogen-bond donors (Lipinski definition) is 1. The Morgan fingerprint density at radius 3 is 2.56 bits per heavy atom. The van der Waals surface area contributed by atoms with Crippen LogP contribution in [0.15, 0.2) is 30.3 Å². The molecule has 1 saturated heterocycles. The van der Waals surface area contributed by atoms with Gasteiger partial charge < -0.3 is 5.32 Å². The highest BCUT2D eigenvalue weighted by Crippen LogP contribution is 2.23. The molecule has 1 aliphatic rings. The molecule has 1 aliphatic heterocycles. The predicted molar refractivity (Wildman–Crippen MR) is 73.7 cm³/mol. The standard InChI is InChI=1S/C12H15NO3S2/c1-17-11-8-18(15,16)7-10(11)13-12(14)9-5-3-2-4-6-9/h2-6,10-11H,7-8H2,1H3,(H,13,14). The van der Waals surface area contributed by atoms with E-state index < -0.39 is 9.84 Å². The van der Waals surface area contributed by atoms with Gasteiger partial charge in [-0.1, -0.05) is 18.2 Å². The molecule has 1 aromatic carbocycles. The van der Waals surface area contributed by atoms with Gasteiger partial charge in [0.05, 0.1) is 17.5 Å². The number of sulfone groups is 1. The number of amides is 1. The van der Waals surface area contributed by atoms with Crippen molar-refractivity contribution in [3.05, 3.63) is 35.9 Å². The van der Waals surface area contributed by atoms with E-state index in [1.165, 1.54) is 11.8 Å². The first-order chi connectivity index (χ1) is 8.52. The lowest BCUT2D eigenvalue weighted by Crippen LogP contribution is -2.41. The fraction of sp³-hybridized carbons (Fsp3) is 0.417. The van der Waals surface area contributed by atoms with Gasteiger partial charge in [-0.25, -0.2) is 8.42 Å². The summed E-state index contributed by atoms with van der Waals surface area (Å²) in [6, 6.07) is 8.54. The average Bonchev–Trinajstić information content (AvgIpc) is 2.65. The van der Waals surface area contributed by atoms with E-state index in [0.29, 0.717) is 5.56 Å². The molecule has 1 heterocycles. The molecule has 1 N–H and O–H groups in total. The summed E-state index contributed by atoms with van der Waals surface area (Å²) in [6.45, 7) is 0. The third-order valence-electron chi connectivity index (χ3n) is 2.96. The second-order valence-electron chi connectivity index (χ2n) is 4.30. The fourth-order valence-electron chi connectivity index (χ4n) is 2.02. The molecule has 6 heteroatoms. The Hall–Kier alpha value is -1.01. The molecular weight excluding hydrogens is 270 g/mol. The number of carbonyl (C=O) groups is 1. The van der Waals surface area contributed by atoms with Crippen LogP contribution in [0.5, 0.6) is 0 Å². The van der Waals surface area contributed by atoms with Crippen molar-refractivity contribution in [1.82, 2.24) is 5.32 Å². The zero-order valence-corrected chi connectivity index (χ0v) is 11.6. The number of thioether (sulfide) groups is 1. The Balaban J connectivity index is 2.08. The largest absolute Gasteiger partial charge is 0.347 e. The van der Waals surface area contributed by atoms with Crippen molar-refractivity contribution < 1.29 is 13.2 Å². The van der Waals surface area contributed by atoms with Crippen LogP contribution in [-0.4, -0.2) is 43.4 Å². The fourth-order valence-corrected chi connectivity index (χ4v) is 5.54. The van der Waals surface area contributed by atoms with Crippen LogP contribution in [0.2, 0.25) is 0 Å². The number of benzene rings is 1. The van der Waals surface area contributed by atoms with Crippen LogP contribution in [0.3, 0.4) is 0 Å². The number of nitrogens with one attached hydrogen (secondary N) is 1. The van der Waals surface area contributed by atoms with Gasteiger partial charge in [-0.2, -0.15) is 11.8 Å². The average molecular weight is 285 g/mol. The van der Waals surface area contributed by atoms with Crippen LogP contribution in [0.1, 0.15) is 10.4 Å². The maximum atomic E-state index is 12.0. The van der Waals surface area contributed by atoms with Gasteiger partial charge in [-0.3, -0.25) is 4.79 Å². The summed E-state index contributed by atoms with van der Waals surface area (Å²) in [5, 5.41) is 2.76. The van der Waals surface area contributed by atoms with Gasteiger partial charge in [0.25, 0.3) is 5.91 Å². The van der Waals surface area contributed by atoms with Crippen LogP contribution in [0.25, 0.3) is 0 Å². The molecule has 2 atom stereocenters. The first-order valence-corrected chi connectivity index (χ1v) is 8.72. The molecular formula is C12H15NO3S2. The SMILES string of the molecule is CSC1CS(=O)(=O)CC1NC(=O)c1ccccc1. The summed E-state index contributed by atoms with van der Waals surface area (Å²) in [5.41, 5.74) is 0.557. The molecule has 0 aliphatic carbocycles. The van der Waals surface area contributed by atoms with E-state index in [-0.39, 0.29) is 28.7 Å². The molecule has 0 saturated carbocycles. The topological polar surface area (TPSA) is 63.2 Å². The highest BCUT2D eigenvalue weighted by molar-refractivity contribution is 8.01. The Morgan fingerprint density at radius 1 is 1.28 bits per heavy atom. The van der Waals surface area contributed by atoms with Crippen LogP contribution in [0.4, 0.5) is 0 Å². The lowest BCUT2D eigenvalue weighted by Gasteiger charge is -2.17. The molecule has 2 unspecified atom stereocenters. The molecule has 0 aromatic heterocycles. The van der Waals surface area contributed by atoms with Crippen molar-refractivity contribution in [3.63, 3.8) is 0 Å². The van der Waals surface area contributed by atoms with Crippen LogP contribution in [-0.2, 0) is 9.84 Å². The molecule has 1 amide bonds. The maximum Gasteiger partial charge on any atom is 0.251 e. The summed E-state index contributed by atoms with van der Waals surface area (Å²) >= 11 is 1.49. The molecule has 2 rings (SSSR count). The molecule has 4 nitrogen and oxygen atoms in total. The molecule has 98 valence electrons. The van der Waals surface area contributed by atoms with Gasteiger partial charge >= 0.3 is 0 Å². The summed E-state index contributed by atoms with van der Waals surface area (Å²) in [5.74, 6) is -0.0258. The number of carbonyl (C=O) groups excluding carboxylic acids is 1. The summed E-state index contributed by atoms with van der Waals surface area (Å²) in [7, 11) is -3.02. The van der Waals surface area contributed by atoms with E-state index >= 15 is 0 Å². The van der Waals surface area contributed by atoms with Crippen molar-refractivity contribution in [1.29, 1.82) is 0 Å². The Bertz CT molecular complexity index is 528.